The number of amides is 2. The third-order valence-electron chi connectivity index (χ3n) is 6.58. The van der Waals surface area contributed by atoms with Crippen molar-refractivity contribution in [2.24, 2.45) is 0 Å². The van der Waals surface area contributed by atoms with Crippen molar-refractivity contribution >= 4 is 11.8 Å². The summed E-state index contributed by atoms with van der Waals surface area (Å²) in [5, 5.41) is 0. The maximum Gasteiger partial charge on any atom is 0.393 e. The molecule has 4 atom stereocenters. The highest BCUT2D eigenvalue weighted by Gasteiger charge is 2.85. The van der Waals surface area contributed by atoms with Crippen LogP contribution >= 0.6 is 0 Å². The van der Waals surface area contributed by atoms with Gasteiger partial charge in [0.1, 0.15) is 0 Å². The second-order valence-electron chi connectivity index (χ2n) is 8.98. The molecule has 0 saturated carbocycles. The van der Waals surface area contributed by atoms with E-state index in [0.717, 1.165) is 0 Å². The lowest BCUT2D eigenvalue weighted by atomic mass is 9.91. The maximum atomic E-state index is 14.5. The Morgan fingerprint density at radius 1 is 0.562 bits per heavy atom. The van der Waals surface area contributed by atoms with Crippen LogP contribution in [0.4, 0.5) is 35.1 Å². The minimum absolute atomic E-state index is 0.160. The second-order valence-corrected chi connectivity index (χ2v) is 8.98. The van der Waals surface area contributed by atoms with Crippen molar-refractivity contribution in [2.45, 2.75) is 114 Å². The van der Waals surface area contributed by atoms with Gasteiger partial charge in [-0.2, -0.15) is 35.1 Å². The topological polar surface area (TPSA) is 40.6 Å². The molecule has 2 saturated heterocycles. The fraction of sp³-hybridized carbons (Fsp3) is 0.900. The van der Waals surface area contributed by atoms with Crippen LogP contribution in [-0.4, -0.2) is 69.5 Å². The third-order valence-corrected chi connectivity index (χ3v) is 6.58. The monoisotopic (exact) mass is 480 g/mol. The van der Waals surface area contributed by atoms with E-state index in [1.807, 2.05) is 0 Å². The molecule has 0 aromatic rings. The summed E-state index contributed by atoms with van der Waals surface area (Å²) in [6.45, 7) is 5.10. The number of nitrogens with zero attached hydrogens (tertiary/aromatic N) is 2. The zero-order chi connectivity index (χ0) is 24.9. The van der Waals surface area contributed by atoms with Crippen molar-refractivity contribution in [3.63, 3.8) is 0 Å². The van der Waals surface area contributed by atoms with Gasteiger partial charge in [-0.25, -0.2) is 0 Å². The molecular weight excluding hydrogens is 452 g/mol. The molecule has 0 N–H and O–H groups in total. The number of hydrogen-bond acceptors (Lipinski definition) is 2. The predicted molar refractivity (Wildman–Crippen MR) is 99.0 cm³/mol. The van der Waals surface area contributed by atoms with E-state index in [-0.39, 0.29) is 25.7 Å². The van der Waals surface area contributed by atoms with Gasteiger partial charge in [0.25, 0.3) is 11.8 Å². The number of rotatable bonds is 5. The molecule has 4 nitrogen and oxygen atoms in total. The Hall–Kier alpha value is -1.62. The molecule has 0 aromatic carbocycles. The molecular formula is C20H28F8N2O2. The van der Waals surface area contributed by atoms with Gasteiger partial charge in [-0.05, 0) is 66.2 Å². The van der Waals surface area contributed by atoms with Gasteiger partial charge in [0.2, 0.25) is 0 Å². The Bertz CT molecular complexity index is 650. The van der Waals surface area contributed by atoms with Gasteiger partial charge in [0, 0.05) is 24.2 Å². The smallest absolute Gasteiger partial charge is 0.332 e. The molecule has 0 radical (unpaired) electrons. The number of carbonyl (C=O) groups is 2. The Morgan fingerprint density at radius 2 is 0.781 bits per heavy atom. The zero-order valence-electron chi connectivity index (χ0n) is 18.3. The van der Waals surface area contributed by atoms with E-state index in [1.54, 1.807) is 0 Å². The maximum absolute atomic E-state index is 14.5. The molecule has 32 heavy (non-hydrogen) atoms. The average Bonchev–Trinajstić information content (AvgIpc) is 2.66. The average molecular weight is 480 g/mol. The highest BCUT2D eigenvalue weighted by molar-refractivity contribution is 5.88. The first-order chi connectivity index (χ1) is 14.4. The van der Waals surface area contributed by atoms with Gasteiger partial charge in [0.15, 0.2) is 0 Å². The first-order valence-corrected chi connectivity index (χ1v) is 10.6. The molecule has 0 bridgehead atoms. The van der Waals surface area contributed by atoms with Crippen LogP contribution < -0.4 is 0 Å². The van der Waals surface area contributed by atoms with E-state index in [9.17, 15) is 44.7 Å². The second kappa shape index (κ2) is 8.62. The van der Waals surface area contributed by atoms with Crippen LogP contribution in [-0.2, 0) is 9.59 Å². The lowest BCUT2D eigenvalue weighted by molar-refractivity contribution is -0.351. The largest absolute Gasteiger partial charge is 0.393 e. The molecule has 2 heterocycles. The van der Waals surface area contributed by atoms with Crippen LogP contribution in [0.2, 0.25) is 0 Å². The van der Waals surface area contributed by atoms with E-state index in [1.165, 1.54) is 27.7 Å². The Labute approximate surface area is 181 Å². The molecule has 2 aliphatic heterocycles. The summed E-state index contributed by atoms with van der Waals surface area (Å²) in [4.78, 5) is 25.2. The van der Waals surface area contributed by atoms with E-state index < -0.39 is 59.7 Å². The molecule has 12 heteroatoms. The molecule has 2 amide bonds. The lowest BCUT2D eigenvalue weighted by Gasteiger charge is -2.45. The van der Waals surface area contributed by atoms with Crippen LogP contribution in [0.5, 0.6) is 0 Å². The molecule has 0 aromatic heterocycles. The molecule has 2 fully saturated rings. The summed E-state index contributed by atoms with van der Waals surface area (Å²) in [5.41, 5.74) is 0. The van der Waals surface area contributed by atoms with Crippen LogP contribution in [0.3, 0.4) is 0 Å². The van der Waals surface area contributed by atoms with E-state index in [2.05, 4.69) is 0 Å². The van der Waals surface area contributed by atoms with Crippen LogP contribution in [0, 0.1) is 0 Å². The van der Waals surface area contributed by atoms with Crippen molar-refractivity contribution in [1.29, 1.82) is 0 Å². The van der Waals surface area contributed by atoms with Gasteiger partial charge in [0.05, 0.1) is 0 Å². The minimum atomic E-state index is -6.82. The van der Waals surface area contributed by atoms with Gasteiger partial charge < -0.3 is 9.80 Å². The van der Waals surface area contributed by atoms with Crippen LogP contribution in [0.25, 0.3) is 0 Å². The first-order valence-electron chi connectivity index (χ1n) is 10.6. The first kappa shape index (κ1) is 26.6. The normalized spacial score (nSPS) is 28.6. The summed E-state index contributed by atoms with van der Waals surface area (Å²) in [6, 6.07) is -3.89. The lowest BCUT2D eigenvalue weighted by Crippen LogP contribution is -2.71. The Morgan fingerprint density at radius 3 is 1.00 bits per heavy atom. The number of piperidine rings is 2. The van der Waals surface area contributed by atoms with Crippen molar-refractivity contribution < 1.29 is 44.7 Å². The summed E-state index contributed by atoms with van der Waals surface area (Å²) < 4.78 is 116. The van der Waals surface area contributed by atoms with Gasteiger partial charge in [-0.3, -0.25) is 9.59 Å². The van der Waals surface area contributed by atoms with Crippen LogP contribution in [0.15, 0.2) is 0 Å². The molecule has 0 aliphatic carbocycles. The van der Waals surface area contributed by atoms with E-state index >= 15 is 0 Å². The fourth-order valence-corrected chi connectivity index (χ4v) is 4.63. The predicted octanol–water partition coefficient (Wildman–Crippen LogP) is 5.11. The third kappa shape index (κ3) is 3.95. The number of likely N-dealkylation sites (tertiary alicyclic amines) is 2. The standard InChI is InChI=1S/C20H28F8N2O2/c1-11-7-5-8-12(2)29(11)15(31)17(21,22)19(25,26)20(27,28)18(23,24)16(32)30-13(3)9-6-10-14(30)4/h11-14H,5-10H2,1-4H3/t11-,12-,13-,14+/m1/s1. The zero-order valence-corrected chi connectivity index (χ0v) is 18.3. The number of hydrogen-bond donors (Lipinski definition) is 0. The number of alkyl halides is 8. The van der Waals surface area contributed by atoms with E-state index in [0.29, 0.717) is 22.6 Å². The van der Waals surface area contributed by atoms with Crippen LogP contribution in [0.1, 0.15) is 66.2 Å². The highest BCUT2D eigenvalue weighted by atomic mass is 19.4. The molecule has 0 unspecified atom stereocenters. The Kier molecular flexibility index (Phi) is 7.18. The summed E-state index contributed by atoms with van der Waals surface area (Å²) in [6.07, 6.45) is 1.62. The van der Waals surface area contributed by atoms with Gasteiger partial charge >= 0.3 is 23.7 Å². The summed E-state index contributed by atoms with van der Waals surface area (Å²) in [7, 11) is 0. The SMILES string of the molecule is C[C@@H]1CCC[C@@H](C)N1C(=O)C(F)(F)C(F)(F)C(F)(F)C(F)(F)C(=O)N1[C@H](C)CCC[C@@H]1C. The van der Waals surface area contributed by atoms with E-state index in [4.69, 9.17) is 0 Å². The van der Waals surface area contributed by atoms with Gasteiger partial charge in [-0.1, -0.05) is 0 Å². The number of halogens is 8. The van der Waals surface area contributed by atoms with Gasteiger partial charge in [-0.15, -0.1) is 0 Å². The molecule has 2 aliphatic rings. The molecule has 186 valence electrons. The summed E-state index contributed by atoms with van der Waals surface area (Å²) in [5.74, 6) is -31.3. The minimum Gasteiger partial charge on any atom is -0.332 e. The quantitative estimate of drug-likeness (QED) is 0.514. The van der Waals surface area contributed by atoms with Crippen molar-refractivity contribution in [1.82, 2.24) is 9.80 Å². The fourth-order valence-electron chi connectivity index (χ4n) is 4.63. The molecule has 0 spiro atoms. The number of carbonyl (C=O) groups excluding carboxylic acids is 2. The highest BCUT2D eigenvalue weighted by Crippen LogP contribution is 2.54. The summed E-state index contributed by atoms with van der Waals surface area (Å²) >= 11 is 0. The van der Waals surface area contributed by atoms with Crippen molar-refractivity contribution in [3.05, 3.63) is 0 Å². The van der Waals surface area contributed by atoms with Crippen molar-refractivity contribution in [2.75, 3.05) is 0 Å². The Balaban J connectivity index is 2.42. The molecule has 2 rings (SSSR count). The van der Waals surface area contributed by atoms with Crippen molar-refractivity contribution in [3.8, 4) is 0 Å².